The number of hydrogen-bond donors (Lipinski definition) is 1. The number of nitrogens with one attached hydrogen (secondary N) is 1. The minimum absolute atomic E-state index is 0.0214. The van der Waals surface area contributed by atoms with Crippen LogP contribution in [0.5, 0.6) is 0 Å². The zero-order chi connectivity index (χ0) is 13.9. The lowest BCUT2D eigenvalue weighted by Crippen LogP contribution is -2.48. The largest absolute Gasteiger partial charge is 0.380 e. The third-order valence-electron chi connectivity index (χ3n) is 3.11. The molecule has 0 unspecified atom stereocenters. The number of amides is 1. The maximum absolute atomic E-state index is 12.0. The summed E-state index contributed by atoms with van der Waals surface area (Å²) in [4.78, 5) is 23.5. The van der Waals surface area contributed by atoms with Crippen LogP contribution in [0, 0.1) is 5.41 Å². The zero-order valence-corrected chi connectivity index (χ0v) is 11.3. The zero-order valence-electron chi connectivity index (χ0n) is 11.3. The highest BCUT2D eigenvalue weighted by molar-refractivity contribution is 5.92. The Morgan fingerprint density at radius 3 is 2.84 bits per heavy atom. The van der Waals surface area contributed by atoms with E-state index in [4.69, 9.17) is 4.74 Å². The lowest BCUT2D eigenvalue weighted by Gasteiger charge is -2.37. The van der Waals surface area contributed by atoms with E-state index in [0.29, 0.717) is 26.3 Å². The number of carbonyl (C=O) groups is 1. The molecule has 6 nitrogen and oxygen atoms in total. The monoisotopic (exact) mass is 265 g/mol. The minimum atomic E-state index is -0.252. The van der Waals surface area contributed by atoms with Crippen molar-refractivity contribution in [2.75, 3.05) is 19.8 Å². The lowest BCUT2D eigenvalue weighted by atomic mass is 9.89. The fourth-order valence-electron chi connectivity index (χ4n) is 1.88. The number of ether oxygens (including phenoxy) is 1. The van der Waals surface area contributed by atoms with Crippen LogP contribution in [0.2, 0.25) is 0 Å². The van der Waals surface area contributed by atoms with Crippen LogP contribution >= 0.6 is 0 Å². The number of hydrogen-bond acceptors (Lipinski definition) is 4. The van der Waals surface area contributed by atoms with Gasteiger partial charge in [-0.3, -0.25) is 9.59 Å². The molecule has 2 heterocycles. The maximum Gasteiger partial charge on any atom is 0.271 e. The number of aromatic nitrogens is 2. The topological polar surface area (TPSA) is 73.2 Å². The van der Waals surface area contributed by atoms with E-state index in [1.165, 1.54) is 16.8 Å². The van der Waals surface area contributed by atoms with Crippen LogP contribution in [0.15, 0.2) is 16.9 Å². The van der Waals surface area contributed by atoms with Crippen molar-refractivity contribution < 1.29 is 9.53 Å². The predicted molar refractivity (Wildman–Crippen MR) is 70.0 cm³/mol. The van der Waals surface area contributed by atoms with Crippen molar-refractivity contribution in [2.24, 2.45) is 5.41 Å². The van der Waals surface area contributed by atoms with Gasteiger partial charge in [-0.15, -0.1) is 0 Å². The first kappa shape index (κ1) is 13.7. The van der Waals surface area contributed by atoms with Crippen LogP contribution in [-0.2, 0) is 11.3 Å². The summed E-state index contributed by atoms with van der Waals surface area (Å²) in [5, 5.41) is 6.90. The molecule has 1 aliphatic rings. The molecule has 1 fully saturated rings. The van der Waals surface area contributed by atoms with Crippen molar-refractivity contribution >= 4 is 5.91 Å². The first-order chi connectivity index (χ1) is 9.04. The molecule has 2 rings (SSSR count). The van der Waals surface area contributed by atoms with Crippen molar-refractivity contribution in [3.8, 4) is 0 Å². The van der Waals surface area contributed by atoms with Crippen LogP contribution in [0.4, 0.5) is 0 Å². The summed E-state index contributed by atoms with van der Waals surface area (Å²) in [5.41, 5.74) is 0.114. The molecule has 19 heavy (non-hydrogen) atoms. The molecule has 6 heteroatoms. The third-order valence-corrected chi connectivity index (χ3v) is 3.11. The molecule has 0 saturated carbocycles. The van der Waals surface area contributed by atoms with Crippen molar-refractivity contribution in [2.45, 2.75) is 26.8 Å². The average Bonchev–Trinajstić information content (AvgIpc) is 2.36. The second-order valence-electron chi connectivity index (χ2n) is 5.27. The Hall–Kier alpha value is -1.69. The highest BCUT2D eigenvalue weighted by atomic mass is 16.5. The van der Waals surface area contributed by atoms with Crippen molar-refractivity contribution in [1.29, 1.82) is 0 Å². The van der Waals surface area contributed by atoms with Gasteiger partial charge in [0, 0.05) is 24.6 Å². The molecule has 0 atom stereocenters. The van der Waals surface area contributed by atoms with Crippen LogP contribution < -0.4 is 10.9 Å². The van der Waals surface area contributed by atoms with Crippen molar-refractivity contribution in [1.82, 2.24) is 15.1 Å². The molecule has 1 N–H and O–H groups in total. The Kier molecular flexibility index (Phi) is 3.99. The van der Waals surface area contributed by atoms with E-state index in [2.05, 4.69) is 17.3 Å². The first-order valence-corrected chi connectivity index (χ1v) is 6.48. The van der Waals surface area contributed by atoms with Gasteiger partial charge in [-0.1, -0.05) is 13.8 Å². The van der Waals surface area contributed by atoms with Crippen molar-refractivity contribution in [3.63, 3.8) is 0 Å². The summed E-state index contributed by atoms with van der Waals surface area (Å²) in [5.74, 6) is -0.252. The number of aryl methyl sites for hydroxylation is 1. The van der Waals surface area contributed by atoms with Crippen LogP contribution in [0.25, 0.3) is 0 Å². The smallest absolute Gasteiger partial charge is 0.271 e. The van der Waals surface area contributed by atoms with Crippen LogP contribution in [0.3, 0.4) is 0 Å². The molecule has 1 aromatic rings. The molecule has 0 radical (unpaired) electrons. The first-order valence-electron chi connectivity index (χ1n) is 6.48. The number of nitrogens with zero attached hydrogens (tertiary/aromatic N) is 2. The van der Waals surface area contributed by atoms with Gasteiger partial charge in [-0.05, 0) is 12.5 Å². The Labute approximate surface area is 111 Å². The van der Waals surface area contributed by atoms with Gasteiger partial charge in [0.05, 0.1) is 13.2 Å². The summed E-state index contributed by atoms with van der Waals surface area (Å²) in [6.45, 7) is 6.42. The summed E-state index contributed by atoms with van der Waals surface area (Å²) in [6, 6.07) is 2.84. The summed E-state index contributed by atoms with van der Waals surface area (Å²) in [7, 11) is 0. The van der Waals surface area contributed by atoms with E-state index in [0.717, 1.165) is 6.42 Å². The van der Waals surface area contributed by atoms with Crippen LogP contribution in [-0.4, -0.2) is 35.4 Å². The standard InChI is InChI=1S/C13H19N3O3/c1-3-6-16-11(17)5-4-10(15-16)12(18)14-7-13(2)8-19-9-13/h4-5H,3,6-9H2,1-2H3,(H,14,18). The number of carbonyl (C=O) groups excluding carboxylic acids is 1. The van der Waals surface area contributed by atoms with E-state index >= 15 is 0 Å². The van der Waals surface area contributed by atoms with E-state index in [1.807, 2.05) is 6.92 Å². The third kappa shape index (κ3) is 3.20. The normalized spacial score (nSPS) is 16.7. The molecule has 1 saturated heterocycles. The van der Waals surface area contributed by atoms with Gasteiger partial charge in [-0.2, -0.15) is 5.10 Å². The van der Waals surface area contributed by atoms with Crippen molar-refractivity contribution in [3.05, 3.63) is 28.2 Å². The summed E-state index contributed by atoms with van der Waals surface area (Å²) < 4.78 is 6.45. The Morgan fingerprint density at radius 1 is 1.53 bits per heavy atom. The molecule has 1 amide bonds. The molecular formula is C13H19N3O3. The van der Waals surface area contributed by atoms with Gasteiger partial charge in [-0.25, -0.2) is 4.68 Å². The van der Waals surface area contributed by atoms with E-state index < -0.39 is 0 Å². The maximum atomic E-state index is 12.0. The van der Waals surface area contributed by atoms with Gasteiger partial charge in [0.2, 0.25) is 0 Å². The average molecular weight is 265 g/mol. The van der Waals surface area contributed by atoms with Gasteiger partial charge in [0.1, 0.15) is 5.69 Å². The highest BCUT2D eigenvalue weighted by Gasteiger charge is 2.33. The van der Waals surface area contributed by atoms with E-state index in [9.17, 15) is 9.59 Å². The highest BCUT2D eigenvalue weighted by Crippen LogP contribution is 2.25. The molecule has 0 aliphatic carbocycles. The Balaban J connectivity index is 2.02. The summed E-state index contributed by atoms with van der Waals surface area (Å²) in [6.07, 6.45) is 0.799. The molecule has 104 valence electrons. The SMILES string of the molecule is CCCn1nc(C(=O)NCC2(C)COC2)ccc1=O. The lowest BCUT2D eigenvalue weighted by molar-refractivity contribution is -0.0978. The Morgan fingerprint density at radius 2 is 2.26 bits per heavy atom. The molecule has 0 spiro atoms. The molecular weight excluding hydrogens is 246 g/mol. The van der Waals surface area contributed by atoms with E-state index in [1.54, 1.807) is 0 Å². The van der Waals surface area contributed by atoms with Gasteiger partial charge < -0.3 is 10.1 Å². The van der Waals surface area contributed by atoms with Crippen LogP contribution in [0.1, 0.15) is 30.8 Å². The molecule has 0 aromatic carbocycles. The fraction of sp³-hybridized carbons (Fsp3) is 0.615. The summed E-state index contributed by atoms with van der Waals surface area (Å²) >= 11 is 0. The van der Waals surface area contributed by atoms with Gasteiger partial charge in [0.15, 0.2) is 0 Å². The quantitative estimate of drug-likeness (QED) is 0.837. The van der Waals surface area contributed by atoms with Gasteiger partial charge >= 0.3 is 0 Å². The Bertz CT molecular complexity index is 520. The minimum Gasteiger partial charge on any atom is -0.380 e. The number of rotatable bonds is 5. The second-order valence-corrected chi connectivity index (χ2v) is 5.27. The molecule has 1 aromatic heterocycles. The van der Waals surface area contributed by atoms with E-state index in [-0.39, 0.29) is 22.6 Å². The predicted octanol–water partition coefficient (Wildman–Crippen LogP) is 0.420. The molecule has 0 bridgehead atoms. The fourth-order valence-corrected chi connectivity index (χ4v) is 1.88. The second kappa shape index (κ2) is 5.52. The molecule has 1 aliphatic heterocycles. The van der Waals surface area contributed by atoms with Gasteiger partial charge in [0.25, 0.3) is 11.5 Å².